The van der Waals surface area contributed by atoms with Crippen molar-refractivity contribution in [2.24, 2.45) is 5.84 Å². The summed E-state index contributed by atoms with van der Waals surface area (Å²) in [7, 11) is 0. The Morgan fingerprint density at radius 3 is 2.77 bits per heavy atom. The lowest BCUT2D eigenvalue weighted by molar-refractivity contribution is -0.144. The third kappa shape index (κ3) is 3.19. The number of cyclic esters (lactones) is 1. The summed E-state index contributed by atoms with van der Waals surface area (Å²) >= 11 is 0. The number of phenolic OH excluding ortho intramolecular Hbond substituents is 1. The Labute approximate surface area is 149 Å². The number of nitrogens with one attached hydrogen (secondary N) is 1. The SMILES string of the molecule is CC(Cc1ccc(O)c(OC2OC(=O)c3ccccc32)c1)(NN)C(=O)O. The highest BCUT2D eigenvalue weighted by Gasteiger charge is 2.34. The molecular formula is C18H18N2O6. The van der Waals surface area contributed by atoms with Crippen LogP contribution in [0.3, 0.4) is 0 Å². The van der Waals surface area contributed by atoms with E-state index in [1.807, 2.05) is 0 Å². The molecule has 2 aromatic carbocycles. The van der Waals surface area contributed by atoms with Crippen LogP contribution in [-0.2, 0) is 16.0 Å². The average Bonchev–Trinajstić information content (AvgIpc) is 2.94. The Morgan fingerprint density at radius 2 is 2.08 bits per heavy atom. The maximum Gasteiger partial charge on any atom is 0.342 e. The maximum atomic E-state index is 11.9. The number of aromatic hydroxyl groups is 1. The van der Waals surface area contributed by atoms with Gasteiger partial charge in [0.25, 0.3) is 6.29 Å². The smallest absolute Gasteiger partial charge is 0.342 e. The number of phenols is 1. The summed E-state index contributed by atoms with van der Waals surface area (Å²) in [5, 5.41) is 19.4. The third-order valence-electron chi connectivity index (χ3n) is 4.26. The number of carboxylic acids is 1. The second kappa shape index (κ2) is 6.66. The van der Waals surface area contributed by atoms with Crippen molar-refractivity contribution in [3.05, 3.63) is 59.2 Å². The lowest BCUT2D eigenvalue weighted by Crippen LogP contribution is -2.54. The van der Waals surface area contributed by atoms with Gasteiger partial charge in [0.15, 0.2) is 11.5 Å². The summed E-state index contributed by atoms with van der Waals surface area (Å²) < 4.78 is 10.9. The topological polar surface area (TPSA) is 131 Å². The zero-order valence-electron chi connectivity index (χ0n) is 13.9. The highest BCUT2D eigenvalue weighted by molar-refractivity contribution is 5.93. The van der Waals surface area contributed by atoms with Gasteiger partial charge >= 0.3 is 11.9 Å². The maximum absolute atomic E-state index is 11.9. The van der Waals surface area contributed by atoms with Crippen molar-refractivity contribution in [2.75, 3.05) is 0 Å². The van der Waals surface area contributed by atoms with E-state index in [1.54, 1.807) is 30.3 Å². The molecule has 0 fully saturated rings. The number of aliphatic carboxylic acids is 1. The molecule has 5 N–H and O–H groups in total. The molecule has 0 aromatic heterocycles. The molecule has 8 heteroatoms. The molecule has 1 aliphatic rings. The molecule has 8 nitrogen and oxygen atoms in total. The van der Waals surface area contributed by atoms with E-state index in [0.29, 0.717) is 16.7 Å². The number of esters is 1. The van der Waals surface area contributed by atoms with Crippen LogP contribution in [0.15, 0.2) is 42.5 Å². The van der Waals surface area contributed by atoms with Crippen molar-refractivity contribution in [3.8, 4) is 11.5 Å². The van der Waals surface area contributed by atoms with Crippen LogP contribution in [0.25, 0.3) is 0 Å². The number of hydrogen-bond acceptors (Lipinski definition) is 7. The predicted molar refractivity (Wildman–Crippen MR) is 90.4 cm³/mol. The summed E-state index contributed by atoms with van der Waals surface area (Å²) in [5.41, 5.74) is 2.42. The van der Waals surface area contributed by atoms with Gasteiger partial charge in [-0.3, -0.25) is 10.6 Å². The summed E-state index contributed by atoms with van der Waals surface area (Å²) in [4.78, 5) is 23.2. The number of fused-ring (bicyclic) bond motifs is 1. The number of ether oxygens (including phenoxy) is 2. The van der Waals surface area contributed by atoms with Crippen molar-refractivity contribution in [3.63, 3.8) is 0 Å². The Balaban J connectivity index is 1.86. The van der Waals surface area contributed by atoms with Crippen LogP contribution in [0, 0.1) is 0 Å². The van der Waals surface area contributed by atoms with Crippen molar-refractivity contribution >= 4 is 11.9 Å². The normalized spacial score (nSPS) is 17.9. The van der Waals surface area contributed by atoms with E-state index < -0.39 is 23.8 Å². The lowest BCUT2D eigenvalue weighted by Gasteiger charge is -2.24. The number of benzene rings is 2. The first-order valence-electron chi connectivity index (χ1n) is 7.83. The van der Waals surface area contributed by atoms with Crippen LogP contribution in [0.2, 0.25) is 0 Å². The van der Waals surface area contributed by atoms with Gasteiger partial charge in [-0.2, -0.15) is 0 Å². The standard InChI is InChI=1S/C18H18N2O6/c1-18(20-19,17(23)24)9-10-6-7-13(21)14(8-10)25-16-12-5-3-2-4-11(12)15(22)26-16/h2-8,16,20-21H,9,19H2,1H3,(H,23,24). The molecule has 0 radical (unpaired) electrons. The number of rotatable bonds is 6. The number of carbonyl (C=O) groups is 2. The van der Waals surface area contributed by atoms with Gasteiger partial charge in [0.1, 0.15) is 5.54 Å². The molecule has 26 heavy (non-hydrogen) atoms. The molecule has 0 spiro atoms. The number of nitrogens with two attached hydrogens (primary N) is 1. The van der Waals surface area contributed by atoms with E-state index in [-0.39, 0.29) is 17.9 Å². The fraction of sp³-hybridized carbons (Fsp3) is 0.222. The van der Waals surface area contributed by atoms with Gasteiger partial charge in [-0.15, -0.1) is 0 Å². The molecule has 0 saturated carbocycles. The van der Waals surface area contributed by atoms with E-state index in [2.05, 4.69) is 5.43 Å². The summed E-state index contributed by atoms with van der Waals surface area (Å²) in [6.07, 6.45) is -0.936. The number of hydrazine groups is 1. The van der Waals surface area contributed by atoms with Gasteiger partial charge in [-0.05, 0) is 30.7 Å². The molecule has 0 aliphatic carbocycles. The lowest BCUT2D eigenvalue weighted by atomic mass is 9.93. The Bertz CT molecular complexity index is 869. The van der Waals surface area contributed by atoms with Crippen LogP contribution >= 0.6 is 0 Å². The zero-order chi connectivity index (χ0) is 18.9. The van der Waals surface area contributed by atoms with Gasteiger partial charge in [-0.25, -0.2) is 10.2 Å². The quantitative estimate of drug-likeness (QED) is 0.347. The first-order valence-corrected chi connectivity index (χ1v) is 7.83. The van der Waals surface area contributed by atoms with Gasteiger partial charge < -0.3 is 19.7 Å². The molecule has 2 aromatic rings. The minimum Gasteiger partial charge on any atom is -0.504 e. The molecule has 3 rings (SSSR count). The number of hydrogen-bond donors (Lipinski definition) is 4. The van der Waals surface area contributed by atoms with Gasteiger partial charge in [0.05, 0.1) is 5.56 Å². The molecule has 2 atom stereocenters. The van der Waals surface area contributed by atoms with Gasteiger partial charge in [0, 0.05) is 12.0 Å². The summed E-state index contributed by atoms with van der Waals surface area (Å²) in [5.74, 6) is 3.64. The summed E-state index contributed by atoms with van der Waals surface area (Å²) in [6, 6.07) is 11.2. The highest BCUT2D eigenvalue weighted by atomic mass is 16.7. The fourth-order valence-electron chi connectivity index (χ4n) is 2.68. The molecular weight excluding hydrogens is 340 g/mol. The summed E-state index contributed by atoms with van der Waals surface area (Å²) in [6.45, 7) is 1.44. The molecule has 0 saturated heterocycles. The molecule has 0 amide bonds. The third-order valence-corrected chi connectivity index (χ3v) is 4.26. The Morgan fingerprint density at radius 1 is 1.35 bits per heavy atom. The zero-order valence-corrected chi connectivity index (χ0v) is 13.9. The first kappa shape index (κ1) is 17.7. The minimum atomic E-state index is -1.39. The largest absolute Gasteiger partial charge is 0.504 e. The van der Waals surface area contributed by atoms with Crippen molar-refractivity contribution < 1.29 is 29.3 Å². The van der Waals surface area contributed by atoms with Crippen LogP contribution in [0.1, 0.15) is 34.7 Å². The van der Waals surface area contributed by atoms with Crippen LogP contribution in [0.5, 0.6) is 11.5 Å². The van der Waals surface area contributed by atoms with Gasteiger partial charge in [0.2, 0.25) is 0 Å². The average molecular weight is 358 g/mol. The van der Waals surface area contributed by atoms with E-state index in [9.17, 15) is 19.8 Å². The Kier molecular flexibility index (Phi) is 4.54. The van der Waals surface area contributed by atoms with E-state index in [0.717, 1.165) is 0 Å². The van der Waals surface area contributed by atoms with Crippen molar-refractivity contribution in [1.29, 1.82) is 0 Å². The van der Waals surface area contributed by atoms with Crippen LogP contribution in [-0.4, -0.2) is 27.7 Å². The predicted octanol–water partition coefficient (Wildman–Crippen LogP) is 1.49. The van der Waals surface area contributed by atoms with E-state index in [1.165, 1.54) is 19.1 Å². The number of carboxylic acid groups (broad SMARTS) is 1. The van der Waals surface area contributed by atoms with E-state index >= 15 is 0 Å². The first-order chi connectivity index (χ1) is 12.3. The molecule has 1 aliphatic heterocycles. The van der Waals surface area contributed by atoms with Crippen LogP contribution < -0.4 is 16.0 Å². The van der Waals surface area contributed by atoms with Crippen molar-refractivity contribution in [1.82, 2.24) is 5.43 Å². The number of carbonyl (C=O) groups excluding carboxylic acids is 1. The fourth-order valence-corrected chi connectivity index (χ4v) is 2.68. The molecule has 0 bridgehead atoms. The highest BCUT2D eigenvalue weighted by Crippen LogP contribution is 2.37. The molecule has 136 valence electrons. The van der Waals surface area contributed by atoms with Gasteiger partial charge in [-0.1, -0.05) is 24.3 Å². The van der Waals surface area contributed by atoms with Crippen LogP contribution in [0.4, 0.5) is 0 Å². The monoisotopic (exact) mass is 358 g/mol. The molecule has 1 heterocycles. The Hall–Kier alpha value is -3.10. The van der Waals surface area contributed by atoms with Crippen molar-refractivity contribution in [2.45, 2.75) is 25.2 Å². The second-order valence-corrected chi connectivity index (χ2v) is 6.20. The minimum absolute atomic E-state index is 0.0521. The van der Waals surface area contributed by atoms with E-state index in [4.69, 9.17) is 15.3 Å². The molecule has 2 unspecified atom stereocenters. The second-order valence-electron chi connectivity index (χ2n) is 6.20.